The van der Waals surface area contributed by atoms with Crippen molar-refractivity contribution in [1.29, 1.82) is 0 Å². The molecule has 0 atom stereocenters. The van der Waals surface area contributed by atoms with E-state index in [2.05, 4.69) is 39.0 Å². The van der Waals surface area contributed by atoms with E-state index in [1.165, 1.54) is 5.52 Å². The number of hydrogen-bond donors (Lipinski definition) is 1. The zero-order chi connectivity index (χ0) is 22.8. The first-order valence-corrected chi connectivity index (χ1v) is 11.0. The molecule has 5 rings (SSSR count). The van der Waals surface area contributed by atoms with Gasteiger partial charge in [0, 0.05) is 24.5 Å². The number of nitrogens with one attached hydrogen (secondary N) is 1. The summed E-state index contributed by atoms with van der Waals surface area (Å²) < 4.78 is 13.2. The number of nitrogens with zero attached hydrogens (tertiary/aromatic N) is 3. The Kier molecular flexibility index (Phi) is 5.60. The van der Waals surface area contributed by atoms with Gasteiger partial charge in [-0.1, -0.05) is 24.3 Å². The van der Waals surface area contributed by atoms with E-state index in [0.29, 0.717) is 11.5 Å². The minimum absolute atomic E-state index is 0.0933. The van der Waals surface area contributed by atoms with E-state index in [4.69, 9.17) is 14.5 Å². The van der Waals surface area contributed by atoms with Crippen molar-refractivity contribution in [2.75, 3.05) is 30.5 Å². The summed E-state index contributed by atoms with van der Waals surface area (Å²) in [5.41, 5.74) is 5.12. The highest BCUT2D eigenvalue weighted by Gasteiger charge is 2.20. The SMILES string of the molecule is COc1ccccc1OCC(=O)Nc1ccc(N2CCn3c(nc4ccccc43)C2)cc1C. The van der Waals surface area contributed by atoms with Crippen LogP contribution in [0.15, 0.2) is 66.7 Å². The largest absolute Gasteiger partial charge is 0.493 e. The number of methoxy groups -OCH3 is 1. The number of anilines is 2. The van der Waals surface area contributed by atoms with Crippen molar-refractivity contribution in [3.63, 3.8) is 0 Å². The van der Waals surface area contributed by atoms with Crippen molar-refractivity contribution >= 4 is 28.3 Å². The zero-order valence-electron chi connectivity index (χ0n) is 18.7. The fraction of sp³-hybridized carbons (Fsp3) is 0.231. The smallest absolute Gasteiger partial charge is 0.262 e. The molecular formula is C26H26N4O3. The lowest BCUT2D eigenvalue weighted by Crippen LogP contribution is -2.33. The Hall–Kier alpha value is -4.00. The highest BCUT2D eigenvalue weighted by molar-refractivity contribution is 5.93. The average Bonchev–Trinajstić information content (AvgIpc) is 3.22. The maximum Gasteiger partial charge on any atom is 0.262 e. The first-order valence-electron chi connectivity index (χ1n) is 11.0. The Labute approximate surface area is 192 Å². The lowest BCUT2D eigenvalue weighted by molar-refractivity contribution is -0.118. The Morgan fingerprint density at radius 3 is 2.64 bits per heavy atom. The lowest BCUT2D eigenvalue weighted by Gasteiger charge is -2.30. The van der Waals surface area contributed by atoms with Crippen LogP contribution in [0.2, 0.25) is 0 Å². The third kappa shape index (κ3) is 4.22. The normalized spacial score (nSPS) is 13.0. The molecule has 0 aliphatic carbocycles. The second-order valence-corrected chi connectivity index (χ2v) is 8.08. The van der Waals surface area contributed by atoms with Crippen molar-refractivity contribution in [3.8, 4) is 11.5 Å². The van der Waals surface area contributed by atoms with Gasteiger partial charge < -0.3 is 24.3 Å². The van der Waals surface area contributed by atoms with E-state index in [0.717, 1.165) is 47.9 Å². The van der Waals surface area contributed by atoms with Gasteiger partial charge in [0.15, 0.2) is 18.1 Å². The molecule has 7 nitrogen and oxygen atoms in total. The number of fused-ring (bicyclic) bond motifs is 3. The van der Waals surface area contributed by atoms with E-state index < -0.39 is 0 Å². The van der Waals surface area contributed by atoms with Crippen LogP contribution >= 0.6 is 0 Å². The number of aromatic nitrogens is 2. The average molecular weight is 443 g/mol. The van der Waals surface area contributed by atoms with Crippen molar-refractivity contribution in [2.45, 2.75) is 20.0 Å². The van der Waals surface area contributed by atoms with Crippen LogP contribution in [-0.4, -0.2) is 35.7 Å². The maximum atomic E-state index is 12.4. The predicted octanol–water partition coefficient (Wildman–Crippen LogP) is 4.39. The van der Waals surface area contributed by atoms with Gasteiger partial charge in [0.25, 0.3) is 5.91 Å². The van der Waals surface area contributed by atoms with E-state index in [1.54, 1.807) is 19.2 Å². The second-order valence-electron chi connectivity index (χ2n) is 8.08. The van der Waals surface area contributed by atoms with Gasteiger partial charge in [0.1, 0.15) is 5.82 Å². The number of benzene rings is 3. The van der Waals surface area contributed by atoms with E-state index in [9.17, 15) is 4.79 Å². The topological polar surface area (TPSA) is 68.6 Å². The summed E-state index contributed by atoms with van der Waals surface area (Å²) in [4.78, 5) is 19.6. The van der Waals surface area contributed by atoms with Crippen LogP contribution in [0.1, 0.15) is 11.4 Å². The van der Waals surface area contributed by atoms with Crippen LogP contribution in [0.4, 0.5) is 11.4 Å². The number of amides is 1. The Bertz CT molecular complexity index is 1310. The highest BCUT2D eigenvalue weighted by atomic mass is 16.5. The summed E-state index contributed by atoms with van der Waals surface area (Å²) in [5.74, 6) is 1.99. The molecular weight excluding hydrogens is 416 g/mol. The predicted molar refractivity (Wildman–Crippen MR) is 129 cm³/mol. The minimum Gasteiger partial charge on any atom is -0.493 e. The number of aryl methyl sites for hydroxylation is 1. The molecule has 168 valence electrons. The number of imidazole rings is 1. The van der Waals surface area contributed by atoms with Gasteiger partial charge in [-0.3, -0.25) is 4.79 Å². The van der Waals surface area contributed by atoms with Crippen molar-refractivity contribution in [3.05, 3.63) is 78.1 Å². The molecule has 1 N–H and O–H groups in total. The van der Waals surface area contributed by atoms with Crippen molar-refractivity contribution < 1.29 is 14.3 Å². The standard InChI is InChI=1S/C26H26N4O3/c1-18-15-19(29-13-14-30-22-8-4-3-7-21(22)27-25(30)16-29)11-12-20(18)28-26(31)17-33-24-10-6-5-9-23(24)32-2/h3-12,15H,13-14,16-17H2,1-2H3,(H,28,31). The van der Waals surface area contributed by atoms with Gasteiger partial charge >= 0.3 is 0 Å². The fourth-order valence-electron chi connectivity index (χ4n) is 4.24. The molecule has 0 bridgehead atoms. The van der Waals surface area contributed by atoms with Crippen LogP contribution in [0, 0.1) is 6.92 Å². The molecule has 1 amide bonds. The van der Waals surface area contributed by atoms with E-state index in [-0.39, 0.29) is 12.5 Å². The molecule has 33 heavy (non-hydrogen) atoms. The number of carbonyl (C=O) groups excluding carboxylic acids is 1. The van der Waals surface area contributed by atoms with Crippen LogP contribution in [-0.2, 0) is 17.9 Å². The molecule has 0 unspecified atom stereocenters. The molecule has 4 aromatic rings. The highest BCUT2D eigenvalue weighted by Crippen LogP contribution is 2.28. The summed E-state index contributed by atoms with van der Waals surface area (Å²) in [5, 5.41) is 2.94. The molecule has 1 aliphatic heterocycles. The maximum absolute atomic E-state index is 12.4. The number of carbonyl (C=O) groups is 1. The summed E-state index contributed by atoms with van der Waals surface area (Å²) in [6, 6.07) is 21.6. The second kappa shape index (κ2) is 8.86. The number of rotatable bonds is 6. The molecule has 2 heterocycles. The first kappa shape index (κ1) is 20.9. The molecule has 0 radical (unpaired) electrons. The third-order valence-electron chi connectivity index (χ3n) is 5.94. The van der Waals surface area contributed by atoms with E-state index >= 15 is 0 Å². The first-order chi connectivity index (χ1) is 16.1. The van der Waals surface area contributed by atoms with Crippen molar-refractivity contribution in [2.24, 2.45) is 0 Å². The zero-order valence-corrected chi connectivity index (χ0v) is 18.7. The monoisotopic (exact) mass is 442 g/mol. The van der Waals surface area contributed by atoms with E-state index in [1.807, 2.05) is 37.3 Å². The summed E-state index contributed by atoms with van der Waals surface area (Å²) >= 11 is 0. The fourth-order valence-corrected chi connectivity index (χ4v) is 4.24. The Balaban J connectivity index is 1.24. The lowest BCUT2D eigenvalue weighted by atomic mass is 10.1. The molecule has 0 fully saturated rings. The summed E-state index contributed by atoms with van der Waals surface area (Å²) in [6.45, 7) is 4.47. The summed E-state index contributed by atoms with van der Waals surface area (Å²) in [6.07, 6.45) is 0. The summed E-state index contributed by atoms with van der Waals surface area (Å²) in [7, 11) is 1.57. The molecule has 1 aliphatic rings. The quantitative estimate of drug-likeness (QED) is 0.480. The number of ether oxygens (including phenoxy) is 2. The molecule has 3 aromatic carbocycles. The third-order valence-corrected chi connectivity index (χ3v) is 5.94. The van der Waals surface area contributed by atoms with Gasteiger partial charge in [-0.25, -0.2) is 4.98 Å². The number of hydrogen-bond acceptors (Lipinski definition) is 5. The van der Waals surface area contributed by atoms with Gasteiger partial charge in [-0.05, 0) is 55.0 Å². The molecule has 0 saturated carbocycles. The van der Waals surface area contributed by atoms with Crippen molar-refractivity contribution in [1.82, 2.24) is 9.55 Å². The minimum atomic E-state index is -0.219. The van der Waals surface area contributed by atoms with Gasteiger partial charge in [-0.2, -0.15) is 0 Å². The number of para-hydroxylation sites is 4. The Morgan fingerprint density at radius 2 is 1.82 bits per heavy atom. The van der Waals surface area contributed by atoms with Gasteiger partial charge in [-0.15, -0.1) is 0 Å². The van der Waals surface area contributed by atoms with Gasteiger partial charge in [0.2, 0.25) is 0 Å². The molecule has 7 heteroatoms. The van der Waals surface area contributed by atoms with Crippen LogP contribution in [0.3, 0.4) is 0 Å². The molecule has 0 spiro atoms. The van der Waals surface area contributed by atoms with Crippen LogP contribution in [0.5, 0.6) is 11.5 Å². The van der Waals surface area contributed by atoms with Crippen LogP contribution in [0.25, 0.3) is 11.0 Å². The molecule has 0 saturated heterocycles. The molecule has 1 aromatic heterocycles. The van der Waals surface area contributed by atoms with Gasteiger partial charge in [0.05, 0.1) is 24.7 Å². The Morgan fingerprint density at radius 1 is 1.03 bits per heavy atom. The van der Waals surface area contributed by atoms with Crippen LogP contribution < -0.4 is 19.7 Å².